The molecule has 0 spiro atoms. The highest BCUT2D eigenvalue weighted by molar-refractivity contribution is 5.78. The van der Waals surface area contributed by atoms with Crippen molar-refractivity contribution in [3.05, 3.63) is 35.9 Å². The van der Waals surface area contributed by atoms with Crippen LogP contribution in [0.1, 0.15) is 18.9 Å². The van der Waals surface area contributed by atoms with E-state index in [4.69, 9.17) is 4.74 Å². The number of methoxy groups -OCH3 is 1. The first-order valence-corrected chi connectivity index (χ1v) is 5.58. The smallest absolute Gasteiger partial charge is 0.224 e. The molecule has 0 aliphatic heterocycles. The van der Waals surface area contributed by atoms with Crippen molar-refractivity contribution in [2.24, 2.45) is 0 Å². The van der Waals surface area contributed by atoms with Crippen molar-refractivity contribution in [3.63, 3.8) is 0 Å². The first kappa shape index (κ1) is 12.7. The van der Waals surface area contributed by atoms with E-state index < -0.39 is 0 Å². The minimum absolute atomic E-state index is 0.0510. The Morgan fingerprint density at radius 2 is 2.06 bits per heavy atom. The van der Waals surface area contributed by atoms with Gasteiger partial charge in [0, 0.05) is 7.11 Å². The second-order valence-electron chi connectivity index (χ2n) is 3.79. The molecule has 0 saturated heterocycles. The van der Waals surface area contributed by atoms with Gasteiger partial charge in [0.2, 0.25) is 5.91 Å². The van der Waals surface area contributed by atoms with Crippen LogP contribution in [0.5, 0.6) is 0 Å². The van der Waals surface area contributed by atoms with Crippen LogP contribution in [0, 0.1) is 0 Å². The summed E-state index contributed by atoms with van der Waals surface area (Å²) in [6, 6.07) is 9.85. The van der Waals surface area contributed by atoms with Crippen molar-refractivity contribution in [2.45, 2.75) is 25.8 Å². The van der Waals surface area contributed by atoms with E-state index in [1.807, 2.05) is 37.3 Å². The Morgan fingerprint density at radius 3 is 2.62 bits per heavy atom. The summed E-state index contributed by atoms with van der Waals surface area (Å²) >= 11 is 0. The van der Waals surface area contributed by atoms with Crippen LogP contribution in [-0.2, 0) is 16.0 Å². The quantitative estimate of drug-likeness (QED) is 0.795. The number of benzene rings is 1. The first-order chi connectivity index (χ1) is 7.76. The van der Waals surface area contributed by atoms with Crippen LogP contribution in [0.4, 0.5) is 0 Å². The number of hydrogen-bond acceptors (Lipinski definition) is 2. The summed E-state index contributed by atoms with van der Waals surface area (Å²) < 4.78 is 5.03. The molecule has 0 fully saturated rings. The van der Waals surface area contributed by atoms with Gasteiger partial charge >= 0.3 is 0 Å². The average Bonchev–Trinajstić information content (AvgIpc) is 2.29. The van der Waals surface area contributed by atoms with E-state index in [0.29, 0.717) is 13.0 Å². The highest BCUT2D eigenvalue weighted by Gasteiger charge is 2.09. The molecule has 3 heteroatoms. The molecule has 0 aromatic heterocycles. The Balaban J connectivity index is 2.41. The molecule has 1 aromatic carbocycles. The zero-order chi connectivity index (χ0) is 11.8. The van der Waals surface area contributed by atoms with Gasteiger partial charge in [0.05, 0.1) is 19.1 Å². The van der Waals surface area contributed by atoms with Crippen molar-refractivity contribution in [1.82, 2.24) is 5.32 Å². The minimum Gasteiger partial charge on any atom is -0.383 e. The lowest BCUT2D eigenvalue weighted by atomic mass is 10.1. The fourth-order valence-electron chi connectivity index (χ4n) is 1.52. The van der Waals surface area contributed by atoms with Gasteiger partial charge in [0.15, 0.2) is 0 Å². The Labute approximate surface area is 96.8 Å². The largest absolute Gasteiger partial charge is 0.383 e. The fourth-order valence-corrected chi connectivity index (χ4v) is 1.52. The van der Waals surface area contributed by atoms with Gasteiger partial charge < -0.3 is 10.1 Å². The normalized spacial score (nSPS) is 12.1. The lowest BCUT2D eigenvalue weighted by Crippen LogP contribution is -2.38. The van der Waals surface area contributed by atoms with Crippen molar-refractivity contribution in [3.8, 4) is 0 Å². The molecule has 0 unspecified atom stereocenters. The molecule has 1 atom stereocenters. The SMILES string of the molecule is CC[C@@H](COC)NC(=O)Cc1ccccc1. The number of hydrogen-bond donors (Lipinski definition) is 1. The van der Waals surface area contributed by atoms with Crippen LogP contribution in [-0.4, -0.2) is 25.7 Å². The van der Waals surface area contributed by atoms with Gasteiger partial charge in [-0.1, -0.05) is 37.3 Å². The minimum atomic E-state index is 0.0510. The first-order valence-electron chi connectivity index (χ1n) is 5.58. The summed E-state index contributed by atoms with van der Waals surface area (Å²) in [5.74, 6) is 0.0510. The lowest BCUT2D eigenvalue weighted by Gasteiger charge is -2.15. The second kappa shape index (κ2) is 7.01. The van der Waals surface area contributed by atoms with Crippen molar-refractivity contribution >= 4 is 5.91 Å². The van der Waals surface area contributed by atoms with E-state index in [9.17, 15) is 4.79 Å². The van der Waals surface area contributed by atoms with Crippen LogP contribution >= 0.6 is 0 Å². The average molecular weight is 221 g/mol. The molecule has 0 aliphatic rings. The number of carbonyl (C=O) groups excluding carboxylic acids is 1. The van der Waals surface area contributed by atoms with Crippen molar-refractivity contribution in [1.29, 1.82) is 0 Å². The van der Waals surface area contributed by atoms with E-state index in [0.717, 1.165) is 12.0 Å². The van der Waals surface area contributed by atoms with Crippen LogP contribution in [0.2, 0.25) is 0 Å². The lowest BCUT2D eigenvalue weighted by molar-refractivity contribution is -0.121. The van der Waals surface area contributed by atoms with Gasteiger partial charge in [-0.05, 0) is 12.0 Å². The molecule has 1 amide bonds. The van der Waals surface area contributed by atoms with E-state index in [2.05, 4.69) is 5.32 Å². The molecule has 1 aromatic rings. The molecule has 16 heavy (non-hydrogen) atoms. The van der Waals surface area contributed by atoms with Gasteiger partial charge in [0.1, 0.15) is 0 Å². The number of carbonyl (C=O) groups is 1. The highest BCUT2D eigenvalue weighted by Crippen LogP contribution is 2.00. The highest BCUT2D eigenvalue weighted by atomic mass is 16.5. The number of nitrogens with one attached hydrogen (secondary N) is 1. The van der Waals surface area contributed by atoms with E-state index in [1.165, 1.54) is 0 Å². The summed E-state index contributed by atoms with van der Waals surface area (Å²) in [7, 11) is 1.64. The third kappa shape index (κ3) is 4.45. The van der Waals surface area contributed by atoms with Crippen LogP contribution in [0.3, 0.4) is 0 Å². The monoisotopic (exact) mass is 221 g/mol. The maximum atomic E-state index is 11.7. The fraction of sp³-hybridized carbons (Fsp3) is 0.462. The second-order valence-corrected chi connectivity index (χ2v) is 3.79. The molecule has 1 rings (SSSR count). The van der Waals surface area contributed by atoms with E-state index in [1.54, 1.807) is 7.11 Å². The Bertz CT molecular complexity index is 311. The van der Waals surface area contributed by atoms with Crippen LogP contribution < -0.4 is 5.32 Å². The number of rotatable bonds is 6. The predicted octanol–water partition coefficient (Wildman–Crippen LogP) is 1.77. The molecular formula is C13H19NO2. The van der Waals surface area contributed by atoms with Gasteiger partial charge in [-0.2, -0.15) is 0 Å². The van der Waals surface area contributed by atoms with Gasteiger partial charge in [0.25, 0.3) is 0 Å². The van der Waals surface area contributed by atoms with Crippen molar-refractivity contribution in [2.75, 3.05) is 13.7 Å². The zero-order valence-electron chi connectivity index (χ0n) is 9.90. The Kier molecular flexibility index (Phi) is 5.57. The number of ether oxygens (including phenoxy) is 1. The third-order valence-corrected chi connectivity index (χ3v) is 2.43. The third-order valence-electron chi connectivity index (χ3n) is 2.43. The summed E-state index contributed by atoms with van der Waals surface area (Å²) in [5.41, 5.74) is 1.03. The van der Waals surface area contributed by atoms with Gasteiger partial charge in [-0.3, -0.25) is 4.79 Å². The Morgan fingerprint density at radius 1 is 1.38 bits per heavy atom. The molecule has 88 valence electrons. The Hall–Kier alpha value is -1.35. The van der Waals surface area contributed by atoms with E-state index in [-0.39, 0.29) is 11.9 Å². The standard InChI is InChI=1S/C13H19NO2/c1-3-12(10-16-2)14-13(15)9-11-7-5-4-6-8-11/h4-8,12H,3,9-10H2,1-2H3,(H,14,15)/t12-/m0/s1. The maximum Gasteiger partial charge on any atom is 0.224 e. The molecule has 0 heterocycles. The molecule has 0 bridgehead atoms. The molecule has 3 nitrogen and oxygen atoms in total. The molecule has 1 N–H and O–H groups in total. The molecule has 0 radical (unpaired) electrons. The van der Waals surface area contributed by atoms with Crippen molar-refractivity contribution < 1.29 is 9.53 Å². The van der Waals surface area contributed by atoms with Gasteiger partial charge in [-0.15, -0.1) is 0 Å². The predicted molar refractivity (Wildman–Crippen MR) is 64.2 cm³/mol. The van der Waals surface area contributed by atoms with Crippen LogP contribution in [0.25, 0.3) is 0 Å². The van der Waals surface area contributed by atoms with Gasteiger partial charge in [-0.25, -0.2) is 0 Å². The summed E-state index contributed by atoms with van der Waals surface area (Å²) in [5, 5.41) is 2.95. The van der Waals surface area contributed by atoms with E-state index >= 15 is 0 Å². The van der Waals surface area contributed by atoms with Crippen LogP contribution in [0.15, 0.2) is 30.3 Å². The summed E-state index contributed by atoms with van der Waals surface area (Å²) in [6.45, 7) is 2.60. The molecule has 0 saturated carbocycles. The molecule has 0 aliphatic carbocycles. The number of amides is 1. The maximum absolute atomic E-state index is 11.7. The summed E-state index contributed by atoms with van der Waals surface area (Å²) in [4.78, 5) is 11.7. The topological polar surface area (TPSA) is 38.3 Å². The summed E-state index contributed by atoms with van der Waals surface area (Å²) in [6.07, 6.45) is 1.31. The zero-order valence-corrected chi connectivity index (χ0v) is 9.90. The molecular weight excluding hydrogens is 202 g/mol.